The van der Waals surface area contributed by atoms with Gasteiger partial charge in [0.15, 0.2) is 9.84 Å². The standard InChI is InChI=1S/C20H18ClNO3S2/c1-22(13-17-10-11-19(21)26-17)20(23)16-7-5-6-15(12-16)14-27(24,25)18-8-3-2-4-9-18/h2-12H,13-14H2,1H3. The van der Waals surface area contributed by atoms with Crippen molar-refractivity contribution in [2.75, 3.05) is 7.05 Å². The van der Waals surface area contributed by atoms with Crippen LogP contribution in [0, 0.1) is 0 Å². The van der Waals surface area contributed by atoms with Crippen molar-refractivity contribution in [2.45, 2.75) is 17.2 Å². The van der Waals surface area contributed by atoms with Gasteiger partial charge in [-0.15, -0.1) is 11.3 Å². The lowest BCUT2D eigenvalue weighted by Crippen LogP contribution is -2.25. The van der Waals surface area contributed by atoms with Crippen LogP contribution in [-0.4, -0.2) is 26.3 Å². The molecule has 0 saturated heterocycles. The van der Waals surface area contributed by atoms with Gasteiger partial charge < -0.3 is 4.90 Å². The van der Waals surface area contributed by atoms with Crippen molar-refractivity contribution in [1.29, 1.82) is 0 Å². The van der Waals surface area contributed by atoms with Crippen molar-refractivity contribution in [1.82, 2.24) is 4.90 Å². The number of hydrogen-bond donors (Lipinski definition) is 0. The van der Waals surface area contributed by atoms with Gasteiger partial charge in [-0.1, -0.05) is 41.9 Å². The van der Waals surface area contributed by atoms with E-state index in [2.05, 4.69) is 0 Å². The molecule has 1 amide bonds. The summed E-state index contributed by atoms with van der Waals surface area (Å²) >= 11 is 7.36. The second-order valence-corrected chi connectivity index (χ2v) is 9.93. The number of nitrogens with zero attached hydrogens (tertiary/aromatic N) is 1. The molecule has 1 aromatic heterocycles. The highest BCUT2D eigenvalue weighted by atomic mass is 35.5. The molecule has 4 nitrogen and oxygen atoms in total. The molecular weight excluding hydrogens is 402 g/mol. The van der Waals surface area contributed by atoms with E-state index in [1.54, 1.807) is 72.6 Å². The monoisotopic (exact) mass is 419 g/mol. The molecule has 0 fully saturated rings. The Morgan fingerprint density at radius 2 is 1.78 bits per heavy atom. The first kappa shape index (κ1) is 19.6. The van der Waals surface area contributed by atoms with Crippen molar-refractivity contribution in [3.05, 3.63) is 87.1 Å². The number of carbonyl (C=O) groups is 1. The lowest BCUT2D eigenvalue weighted by atomic mass is 10.1. The Balaban J connectivity index is 1.76. The van der Waals surface area contributed by atoms with Gasteiger partial charge >= 0.3 is 0 Å². The molecule has 7 heteroatoms. The van der Waals surface area contributed by atoms with Crippen LogP contribution in [0.4, 0.5) is 0 Å². The molecule has 0 spiro atoms. The van der Waals surface area contributed by atoms with Gasteiger partial charge in [-0.2, -0.15) is 0 Å². The highest BCUT2D eigenvalue weighted by Crippen LogP contribution is 2.23. The molecule has 0 N–H and O–H groups in total. The Morgan fingerprint density at radius 1 is 1.04 bits per heavy atom. The largest absolute Gasteiger partial charge is 0.337 e. The van der Waals surface area contributed by atoms with E-state index in [0.717, 1.165) is 4.88 Å². The topological polar surface area (TPSA) is 54.5 Å². The third-order valence-corrected chi connectivity index (χ3v) is 6.92. The molecule has 0 bridgehead atoms. The van der Waals surface area contributed by atoms with Crippen LogP contribution in [0.15, 0.2) is 71.6 Å². The van der Waals surface area contributed by atoms with Gasteiger partial charge in [0.2, 0.25) is 0 Å². The average Bonchev–Trinajstić information content (AvgIpc) is 3.06. The Morgan fingerprint density at radius 3 is 2.44 bits per heavy atom. The summed E-state index contributed by atoms with van der Waals surface area (Å²) < 4.78 is 25.8. The van der Waals surface area contributed by atoms with Crippen LogP contribution in [0.25, 0.3) is 0 Å². The van der Waals surface area contributed by atoms with E-state index in [1.807, 2.05) is 6.07 Å². The normalized spacial score (nSPS) is 11.3. The number of hydrogen-bond acceptors (Lipinski definition) is 4. The summed E-state index contributed by atoms with van der Waals surface area (Å²) in [5, 5.41) is 0. The number of benzene rings is 2. The van der Waals surface area contributed by atoms with Crippen LogP contribution >= 0.6 is 22.9 Å². The second kappa shape index (κ2) is 8.25. The van der Waals surface area contributed by atoms with E-state index in [-0.39, 0.29) is 16.6 Å². The third-order valence-electron chi connectivity index (χ3n) is 4.00. The Bertz CT molecular complexity index is 1050. The molecule has 2 aromatic carbocycles. The summed E-state index contributed by atoms with van der Waals surface area (Å²) in [6, 6.07) is 18.8. The maximum Gasteiger partial charge on any atom is 0.253 e. The highest BCUT2D eigenvalue weighted by Gasteiger charge is 2.17. The molecule has 0 saturated carbocycles. The molecule has 0 aliphatic heterocycles. The molecule has 3 rings (SSSR count). The molecule has 0 atom stereocenters. The lowest BCUT2D eigenvalue weighted by Gasteiger charge is -2.16. The van der Waals surface area contributed by atoms with Crippen LogP contribution in [0.3, 0.4) is 0 Å². The summed E-state index contributed by atoms with van der Waals surface area (Å²) in [6.07, 6.45) is 0. The fourth-order valence-electron chi connectivity index (χ4n) is 2.69. The molecule has 0 radical (unpaired) electrons. The molecular formula is C20H18ClNO3S2. The van der Waals surface area contributed by atoms with Gasteiger partial charge in [-0.3, -0.25) is 4.79 Å². The number of rotatable bonds is 6. The summed E-state index contributed by atoms with van der Waals surface area (Å²) in [4.78, 5) is 15.5. The number of thiophene rings is 1. The highest BCUT2D eigenvalue weighted by molar-refractivity contribution is 7.90. The zero-order valence-corrected chi connectivity index (χ0v) is 17.0. The predicted molar refractivity (Wildman–Crippen MR) is 109 cm³/mol. The molecule has 0 unspecified atom stereocenters. The van der Waals surface area contributed by atoms with Crippen molar-refractivity contribution in [3.8, 4) is 0 Å². The first-order valence-corrected chi connectivity index (χ1v) is 11.1. The van der Waals surface area contributed by atoms with Crippen LogP contribution < -0.4 is 0 Å². The minimum Gasteiger partial charge on any atom is -0.337 e. The van der Waals surface area contributed by atoms with Gasteiger partial charge in [0, 0.05) is 17.5 Å². The average molecular weight is 420 g/mol. The summed E-state index contributed by atoms with van der Waals surface area (Å²) in [7, 11) is -1.75. The molecule has 0 aliphatic rings. The fraction of sp³-hybridized carbons (Fsp3) is 0.150. The maximum atomic E-state index is 12.7. The molecule has 27 heavy (non-hydrogen) atoms. The molecule has 3 aromatic rings. The van der Waals surface area contributed by atoms with Gasteiger partial charge in [0.05, 0.1) is 21.5 Å². The SMILES string of the molecule is CN(Cc1ccc(Cl)s1)C(=O)c1cccc(CS(=O)(=O)c2ccccc2)c1. The summed E-state index contributed by atoms with van der Waals surface area (Å²) in [5.41, 5.74) is 1.04. The summed E-state index contributed by atoms with van der Waals surface area (Å²) in [5.74, 6) is -0.318. The van der Waals surface area contributed by atoms with E-state index >= 15 is 0 Å². The van der Waals surface area contributed by atoms with Crippen molar-refractivity contribution < 1.29 is 13.2 Å². The smallest absolute Gasteiger partial charge is 0.253 e. The number of amides is 1. The Labute approximate surface area is 167 Å². The molecule has 1 heterocycles. The van der Waals surface area contributed by atoms with Crippen molar-refractivity contribution in [2.24, 2.45) is 0 Å². The van der Waals surface area contributed by atoms with Crippen LogP contribution in [0.5, 0.6) is 0 Å². The van der Waals surface area contributed by atoms with E-state index in [1.165, 1.54) is 11.3 Å². The third kappa shape index (κ3) is 4.97. The zero-order valence-electron chi connectivity index (χ0n) is 14.6. The van der Waals surface area contributed by atoms with Crippen molar-refractivity contribution >= 4 is 38.7 Å². The first-order chi connectivity index (χ1) is 12.8. The van der Waals surface area contributed by atoms with Gasteiger partial charge in [-0.05, 0) is 42.0 Å². The maximum absolute atomic E-state index is 12.7. The van der Waals surface area contributed by atoms with Gasteiger partial charge in [0.25, 0.3) is 5.91 Å². The van der Waals surface area contributed by atoms with Crippen LogP contribution in [0.2, 0.25) is 4.34 Å². The van der Waals surface area contributed by atoms with E-state index < -0.39 is 9.84 Å². The molecule has 0 aliphatic carbocycles. The fourth-order valence-corrected chi connectivity index (χ4v) is 5.19. The number of sulfone groups is 1. The van der Waals surface area contributed by atoms with E-state index in [0.29, 0.717) is 22.0 Å². The van der Waals surface area contributed by atoms with Crippen LogP contribution in [-0.2, 0) is 22.1 Å². The van der Waals surface area contributed by atoms with Gasteiger partial charge in [-0.25, -0.2) is 8.42 Å². The quantitative estimate of drug-likeness (QED) is 0.584. The number of halogens is 1. The van der Waals surface area contributed by atoms with Crippen LogP contribution in [0.1, 0.15) is 20.8 Å². The minimum absolute atomic E-state index is 0.150. The summed E-state index contributed by atoms with van der Waals surface area (Å²) in [6.45, 7) is 0.447. The van der Waals surface area contributed by atoms with Gasteiger partial charge in [0.1, 0.15) is 0 Å². The predicted octanol–water partition coefficient (Wildman–Crippen LogP) is 4.65. The first-order valence-electron chi connectivity index (χ1n) is 8.21. The lowest BCUT2D eigenvalue weighted by molar-refractivity contribution is 0.0786. The molecule has 140 valence electrons. The van der Waals surface area contributed by atoms with E-state index in [4.69, 9.17) is 11.6 Å². The Kier molecular flexibility index (Phi) is 5.99. The zero-order chi connectivity index (χ0) is 19.4. The number of carbonyl (C=O) groups excluding carboxylic acids is 1. The van der Waals surface area contributed by atoms with Crippen molar-refractivity contribution in [3.63, 3.8) is 0 Å². The van der Waals surface area contributed by atoms with E-state index in [9.17, 15) is 13.2 Å². The second-order valence-electron chi connectivity index (χ2n) is 6.14. The minimum atomic E-state index is -3.46. The Hall–Kier alpha value is -2.15.